The van der Waals surface area contributed by atoms with E-state index in [9.17, 15) is 19.5 Å². The molecule has 4 aromatic rings. The maximum Gasteiger partial charge on any atom is 0.337 e. The second kappa shape index (κ2) is 10.3. The highest BCUT2D eigenvalue weighted by molar-refractivity contribution is 5.96. The maximum atomic E-state index is 15.3. The van der Waals surface area contributed by atoms with Gasteiger partial charge in [-0.25, -0.2) is 14.2 Å². The second-order valence-corrected chi connectivity index (χ2v) is 8.30. The van der Waals surface area contributed by atoms with Crippen LogP contribution in [0, 0.1) is 5.95 Å². The summed E-state index contributed by atoms with van der Waals surface area (Å²) in [6.07, 6.45) is 0.847. The number of nitrogens with zero attached hydrogens (tertiary/aromatic N) is 2. The lowest BCUT2D eigenvalue weighted by Crippen LogP contribution is -2.31. The van der Waals surface area contributed by atoms with E-state index in [0.29, 0.717) is 28.5 Å². The lowest BCUT2D eigenvalue weighted by atomic mass is 9.99. The van der Waals surface area contributed by atoms with Crippen molar-refractivity contribution in [3.05, 3.63) is 118 Å². The molecule has 0 aliphatic carbocycles. The molecule has 0 bridgehead atoms. The number of benzene rings is 3. The quantitative estimate of drug-likeness (QED) is 0.390. The van der Waals surface area contributed by atoms with Crippen LogP contribution in [0.3, 0.4) is 0 Å². The molecule has 1 heterocycles. The number of carboxylic acid groups (broad SMARTS) is 1. The highest BCUT2D eigenvalue weighted by atomic mass is 19.1. The number of aromatic nitrogens is 2. The Morgan fingerprint density at radius 3 is 2.20 bits per heavy atom. The van der Waals surface area contributed by atoms with Crippen LogP contribution in [0.1, 0.15) is 45.3 Å². The molecule has 1 aromatic heterocycles. The molecule has 35 heavy (non-hydrogen) atoms. The average Bonchev–Trinajstić information content (AvgIpc) is 3.09. The van der Waals surface area contributed by atoms with Gasteiger partial charge in [0, 0.05) is 0 Å². The van der Waals surface area contributed by atoms with Crippen molar-refractivity contribution in [1.82, 2.24) is 9.13 Å². The molecule has 7 heteroatoms. The largest absolute Gasteiger partial charge is 0.478 e. The number of halogens is 1. The van der Waals surface area contributed by atoms with Gasteiger partial charge in [0.2, 0.25) is 11.9 Å². The number of carbonyl (C=O) groups is 2. The molecule has 0 radical (unpaired) electrons. The van der Waals surface area contributed by atoms with Crippen molar-refractivity contribution in [1.29, 1.82) is 0 Å². The Hall–Kier alpha value is -4.26. The van der Waals surface area contributed by atoms with Crippen LogP contribution in [0.2, 0.25) is 0 Å². The van der Waals surface area contributed by atoms with Crippen LogP contribution in [-0.4, -0.2) is 26.1 Å². The summed E-state index contributed by atoms with van der Waals surface area (Å²) in [5, 5.41) is 9.45. The number of hydrogen-bond donors (Lipinski definition) is 1. The summed E-state index contributed by atoms with van der Waals surface area (Å²) in [6.45, 7) is 1.98. The van der Waals surface area contributed by atoms with E-state index < -0.39 is 23.5 Å². The number of carbonyl (C=O) groups excluding carboxylic acids is 1. The fourth-order valence-electron chi connectivity index (χ4n) is 4.16. The van der Waals surface area contributed by atoms with E-state index in [1.807, 2.05) is 13.0 Å². The summed E-state index contributed by atoms with van der Waals surface area (Å²) in [5.41, 5.74) is 2.41. The molecular formula is C28H25FN2O4. The van der Waals surface area contributed by atoms with Gasteiger partial charge in [-0.3, -0.25) is 9.36 Å². The monoisotopic (exact) mass is 472 g/mol. The first-order chi connectivity index (χ1) is 16.9. The summed E-state index contributed by atoms with van der Waals surface area (Å²) in [4.78, 5) is 37.5. The molecule has 6 nitrogen and oxygen atoms in total. The molecule has 0 saturated heterocycles. The van der Waals surface area contributed by atoms with E-state index in [0.717, 1.165) is 11.1 Å². The van der Waals surface area contributed by atoms with Crippen molar-refractivity contribution >= 4 is 11.9 Å². The zero-order chi connectivity index (χ0) is 24.9. The molecule has 0 unspecified atom stereocenters. The number of carboxylic acids is 1. The minimum Gasteiger partial charge on any atom is -0.478 e. The second-order valence-electron chi connectivity index (χ2n) is 8.30. The zero-order valence-electron chi connectivity index (χ0n) is 19.3. The third kappa shape index (κ3) is 4.99. The van der Waals surface area contributed by atoms with Crippen LogP contribution < -0.4 is 5.69 Å². The van der Waals surface area contributed by atoms with Crippen molar-refractivity contribution < 1.29 is 19.1 Å². The van der Waals surface area contributed by atoms with E-state index in [-0.39, 0.29) is 24.2 Å². The summed E-state index contributed by atoms with van der Waals surface area (Å²) >= 11 is 0. The lowest BCUT2D eigenvalue weighted by molar-refractivity contribution is 0.0697. The van der Waals surface area contributed by atoms with Gasteiger partial charge in [-0.15, -0.1) is 0 Å². The zero-order valence-corrected chi connectivity index (χ0v) is 19.3. The molecule has 4 rings (SSSR count). The van der Waals surface area contributed by atoms with Crippen LogP contribution in [0.25, 0.3) is 11.1 Å². The summed E-state index contributed by atoms with van der Waals surface area (Å²) in [5.74, 6) is -2.45. The number of aromatic carboxylic acids is 1. The normalized spacial score (nSPS) is 10.9. The van der Waals surface area contributed by atoms with E-state index in [1.54, 1.807) is 72.8 Å². The van der Waals surface area contributed by atoms with E-state index >= 15 is 4.39 Å². The van der Waals surface area contributed by atoms with Crippen molar-refractivity contribution in [2.75, 3.05) is 0 Å². The molecule has 3 aromatic carbocycles. The standard InChI is InChI=1S/C28H25FN2O4/c1-2-8-24-26(29)31(25(32)17-19-9-4-3-5-10-19)28(35)30(24)18-20-13-15-21(16-14-20)22-11-6-7-12-23(22)27(33)34/h3-7,9-16H,2,8,17-18H2,1H3,(H,33,34). The Bertz CT molecular complexity index is 1420. The number of imidazole rings is 1. The molecule has 0 saturated carbocycles. The van der Waals surface area contributed by atoms with Gasteiger partial charge < -0.3 is 5.11 Å². The molecule has 0 spiro atoms. The highest BCUT2D eigenvalue weighted by Gasteiger charge is 2.24. The Balaban J connectivity index is 1.65. The number of rotatable bonds is 8. The first kappa shape index (κ1) is 23.9. The predicted octanol–water partition coefficient (Wildman–Crippen LogP) is 5.04. The molecule has 0 aliphatic rings. The Labute approximate surface area is 201 Å². The fraction of sp³-hybridized carbons (Fsp3) is 0.179. The van der Waals surface area contributed by atoms with Crippen molar-refractivity contribution in [2.24, 2.45) is 0 Å². The third-order valence-electron chi connectivity index (χ3n) is 5.88. The molecular weight excluding hydrogens is 447 g/mol. The van der Waals surface area contributed by atoms with Gasteiger partial charge in [0.05, 0.1) is 24.2 Å². The molecule has 0 amide bonds. The van der Waals surface area contributed by atoms with E-state index in [1.165, 1.54) is 4.57 Å². The van der Waals surface area contributed by atoms with Crippen molar-refractivity contribution in [2.45, 2.75) is 32.7 Å². The van der Waals surface area contributed by atoms with Gasteiger partial charge in [-0.1, -0.05) is 86.1 Å². The molecule has 0 fully saturated rings. The third-order valence-corrected chi connectivity index (χ3v) is 5.88. The van der Waals surface area contributed by atoms with Crippen LogP contribution in [0.15, 0.2) is 83.7 Å². The minimum absolute atomic E-state index is 0.0784. The van der Waals surface area contributed by atoms with Gasteiger partial charge in [0.15, 0.2) is 0 Å². The summed E-state index contributed by atoms with van der Waals surface area (Å²) in [6, 6.07) is 22.7. The predicted molar refractivity (Wildman–Crippen MR) is 131 cm³/mol. The minimum atomic E-state index is -1.02. The molecule has 0 aliphatic heterocycles. The van der Waals surface area contributed by atoms with E-state index in [2.05, 4.69) is 0 Å². The Kier molecular flexibility index (Phi) is 7.06. The fourth-order valence-corrected chi connectivity index (χ4v) is 4.16. The first-order valence-corrected chi connectivity index (χ1v) is 11.4. The number of hydrogen-bond acceptors (Lipinski definition) is 3. The topological polar surface area (TPSA) is 81.3 Å². The van der Waals surface area contributed by atoms with Gasteiger partial charge in [0.25, 0.3) is 0 Å². The maximum absolute atomic E-state index is 15.3. The van der Waals surface area contributed by atoms with Crippen LogP contribution in [0.4, 0.5) is 4.39 Å². The Morgan fingerprint density at radius 1 is 0.886 bits per heavy atom. The van der Waals surface area contributed by atoms with Gasteiger partial charge >= 0.3 is 11.7 Å². The van der Waals surface area contributed by atoms with Gasteiger partial charge in [-0.05, 0) is 34.7 Å². The summed E-state index contributed by atoms with van der Waals surface area (Å²) < 4.78 is 17.2. The first-order valence-electron chi connectivity index (χ1n) is 11.4. The SMILES string of the molecule is CCCc1c(F)n(C(=O)Cc2ccccc2)c(=O)n1Cc1ccc(-c2ccccc2C(=O)O)cc1. The van der Waals surface area contributed by atoms with Crippen molar-refractivity contribution in [3.63, 3.8) is 0 Å². The molecule has 178 valence electrons. The van der Waals surface area contributed by atoms with Gasteiger partial charge in [0.1, 0.15) is 0 Å². The molecule has 0 atom stereocenters. The van der Waals surface area contributed by atoms with Crippen LogP contribution >= 0.6 is 0 Å². The smallest absolute Gasteiger partial charge is 0.337 e. The summed E-state index contributed by atoms with van der Waals surface area (Å²) in [7, 11) is 0. The lowest BCUT2D eigenvalue weighted by Gasteiger charge is -2.09. The van der Waals surface area contributed by atoms with Gasteiger partial charge in [-0.2, -0.15) is 4.39 Å². The van der Waals surface area contributed by atoms with Crippen LogP contribution in [-0.2, 0) is 19.4 Å². The average molecular weight is 473 g/mol. The molecule has 1 N–H and O–H groups in total. The van der Waals surface area contributed by atoms with E-state index in [4.69, 9.17) is 0 Å². The highest BCUT2D eigenvalue weighted by Crippen LogP contribution is 2.24. The van der Waals surface area contributed by atoms with Crippen molar-refractivity contribution in [3.8, 4) is 11.1 Å². The van der Waals surface area contributed by atoms with Crippen LogP contribution in [0.5, 0.6) is 0 Å². The Morgan fingerprint density at radius 2 is 1.54 bits per heavy atom.